The zero-order valence-electron chi connectivity index (χ0n) is 15.9. The molecule has 1 aromatic heterocycles. The highest BCUT2D eigenvalue weighted by molar-refractivity contribution is 6.30. The van der Waals surface area contributed by atoms with Gasteiger partial charge in [-0.3, -0.25) is 4.79 Å². The number of aromatic nitrogens is 2. The van der Waals surface area contributed by atoms with Crippen LogP contribution in [0.3, 0.4) is 0 Å². The van der Waals surface area contributed by atoms with Crippen molar-refractivity contribution in [3.05, 3.63) is 46.6 Å². The Morgan fingerprint density at radius 1 is 1.22 bits per heavy atom. The third-order valence-electron chi connectivity index (χ3n) is 3.53. The maximum atomic E-state index is 12.1. The molecule has 0 fully saturated rings. The molecule has 2 aromatic rings. The largest absolute Gasteiger partial charge is 0.344 e. The average Bonchev–Trinajstić information content (AvgIpc) is 3.06. The van der Waals surface area contributed by atoms with Gasteiger partial charge in [-0.25, -0.2) is 4.79 Å². The Labute approximate surface area is 163 Å². The molecular weight excluding hydrogens is 370 g/mol. The highest BCUT2D eigenvalue weighted by Gasteiger charge is 2.19. The highest BCUT2D eigenvalue weighted by atomic mass is 35.5. The van der Waals surface area contributed by atoms with E-state index < -0.39 is 5.91 Å². The van der Waals surface area contributed by atoms with Gasteiger partial charge in [0, 0.05) is 37.1 Å². The topological polar surface area (TPSA) is 100 Å². The fraction of sp³-hybridized carbons (Fsp3) is 0.444. The van der Waals surface area contributed by atoms with Crippen LogP contribution in [0.25, 0.3) is 0 Å². The molecule has 3 amide bonds. The summed E-state index contributed by atoms with van der Waals surface area (Å²) in [6.07, 6.45) is 0.377. The van der Waals surface area contributed by atoms with Crippen molar-refractivity contribution in [2.24, 2.45) is 0 Å². The first kappa shape index (κ1) is 20.7. The van der Waals surface area contributed by atoms with Crippen LogP contribution in [0.4, 0.5) is 4.79 Å². The zero-order chi connectivity index (χ0) is 20.0. The zero-order valence-corrected chi connectivity index (χ0v) is 16.6. The first-order chi connectivity index (χ1) is 12.6. The SMILES string of the molecule is CN(CCc1noc(C(=O)NCc2ccc(Cl)cc2)n1)C(=O)NC(C)(C)C. The highest BCUT2D eigenvalue weighted by Crippen LogP contribution is 2.09. The second-order valence-electron chi connectivity index (χ2n) is 7.18. The predicted molar refractivity (Wildman–Crippen MR) is 102 cm³/mol. The molecule has 0 unspecified atom stereocenters. The second-order valence-corrected chi connectivity index (χ2v) is 7.61. The van der Waals surface area contributed by atoms with Crippen LogP contribution < -0.4 is 10.6 Å². The van der Waals surface area contributed by atoms with Gasteiger partial charge in [-0.15, -0.1) is 0 Å². The lowest BCUT2D eigenvalue weighted by atomic mass is 10.1. The van der Waals surface area contributed by atoms with Crippen molar-refractivity contribution in [3.8, 4) is 0 Å². The lowest BCUT2D eigenvalue weighted by molar-refractivity contribution is 0.0907. The molecule has 0 bridgehead atoms. The van der Waals surface area contributed by atoms with Gasteiger partial charge in [-0.2, -0.15) is 4.98 Å². The van der Waals surface area contributed by atoms with Gasteiger partial charge in [0.15, 0.2) is 5.82 Å². The molecule has 2 rings (SSSR count). The number of likely N-dealkylation sites (N-methyl/N-ethyl adjacent to an activating group) is 1. The van der Waals surface area contributed by atoms with Crippen molar-refractivity contribution in [3.63, 3.8) is 0 Å². The van der Waals surface area contributed by atoms with Crippen molar-refractivity contribution in [1.29, 1.82) is 0 Å². The summed E-state index contributed by atoms with van der Waals surface area (Å²) in [7, 11) is 1.68. The number of nitrogens with zero attached hydrogens (tertiary/aromatic N) is 3. The first-order valence-electron chi connectivity index (χ1n) is 8.52. The lowest BCUT2D eigenvalue weighted by Gasteiger charge is -2.25. The molecular formula is C18H24ClN5O3. The number of carbonyl (C=O) groups excluding carboxylic acids is 2. The molecule has 2 N–H and O–H groups in total. The molecule has 0 spiro atoms. The van der Waals surface area contributed by atoms with Crippen LogP contribution in [-0.2, 0) is 13.0 Å². The van der Waals surface area contributed by atoms with Gasteiger partial charge in [0.2, 0.25) is 0 Å². The van der Waals surface area contributed by atoms with Crippen molar-refractivity contribution in [2.75, 3.05) is 13.6 Å². The van der Waals surface area contributed by atoms with Crippen molar-refractivity contribution < 1.29 is 14.1 Å². The summed E-state index contributed by atoms with van der Waals surface area (Å²) in [6, 6.07) is 6.95. The number of carbonyl (C=O) groups is 2. The number of rotatable bonds is 6. The molecule has 0 aliphatic rings. The molecule has 0 radical (unpaired) electrons. The Morgan fingerprint density at radius 3 is 2.52 bits per heavy atom. The van der Waals surface area contributed by atoms with Gasteiger partial charge in [0.05, 0.1) is 0 Å². The van der Waals surface area contributed by atoms with Crippen molar-refractivity contribution in [1.82, 2.24) is 25.7 Å². The Hall–Kier alpha value is -2.61. The maximum absolute atomic E-state index is 12.1. The number of halogens is 1. The quantitative estimate of drug-likeness (QED) is 0.785. The van der Waals surface area contributed by atoms with Gasteiger partial charge >= 0.3 is 17.8 Å². The molecule has 0 saturated heterocycles. The molecule has 9 heteroatoms. The molecule has 0 aliphatic carbocycles. The summed E-state index contributed by atoms with van der Waals surface area (Å²) >= 11 is 5.83. The van der Waals surface area contributed by atoms with Crippen molar-refractivity contribution in [2.45, 2.75) is 39.3 Å². The fourth-order valence-corrected chi connectivity index (χ4v) is 2.22. The summed E-state index contributed by atoms with van der Waals surface area (Å²) in [6.45, 7) is 6.45. The van der Waals surface area contributed by atoms with E-state index in [0.717, 1.165) is 5.56 Å². The molecule has 8 nitrogen and oxygen atoms in total. The summed E-state index contributed by atoms with van der Waals surface area (Å²) in [5.41, 5.74) is 0.589. The van der Waals surface area contributed by atoms with E-state index in [2.05, 4.69) is 20.8 Å². The van der Waals surface area contributed by atoms with E-state index in [9.17, 15) is 9.59 Å². The predicted octanol–water partition coefficient (Wildman–Crippen LogP) is 2.64. The number of hydrogen-bond donors (Lipinski definition) is 2. The van der Waals surface area contributed by atoms with Crippen LogP contribution in [0.5, 0.6) is 0 Å². The minimum Gasteiger partial charge on any atom is -0.344 e. The van der Waals surface area contributed by atoms with Crippen LogP contribution >= 0.6 is 11.6 Å². The van der Waals surface area contributed by atoms with E-state index in [1.165, 1.54) is 4.90 Å². The number of urea groups is 1. The Bertz CT molecular complexity index is 783. The van der Waals surface area contributed by atoms with Gasteiger partial charge in [0.1, 0.15) is 0 Å². The molecule has 1 aromatic carbocycles. The molecule has 146 valence electrons. The monoisotopic (exact) mass is 393 g/mol. The molecule has 1 heterocycles. The number of hydrogen-bond acceptors (Lipinski definition) is 5. The third-order valence-corrected chi connectivity index (χ3v) is 3.78. The Morgan fingerprint density at radius 2 is 1.89 bits per heavy atom. The van der Waals surface area contributed by atoms with E-state index in [0.29, 0.717) is 30.4 Å². The Balaban J connectivity index is 1.82. The van der Waals surface area contributed by atoms with E-state index >= 15 is 0 Å². The summed E-state index contributed by atoms with van der Waals surface area (Å²) < 4.78 is 4.99. The summed E-state index contributed by atoms with van der Waals surface area (Å²) in [4.78, 5) is 29.7. The maximum Gasteiger partial charge on any atom is 0.317 e. The number of benzene rings is 1. The third kappa shape index (κ3) is 6.90. The normalized spacial score (nSPS) is 11.1. The van der Waals surface area contributed by atoms with Crippen LogP contribution in [0.2, 0.25) is 5.02 Å². The first-order valence-corrected chi connectivity index (χ1v) is 8.90. The minimum absolute atomic E-state index is 0.110. The van der Waals surface area contributed by atoms with Crippen LogP contribution in [0, 0.1) is 0 Å². The van der Waals surface area contributed by atoms with Gasteiger partial charge in [-0.05, 0) is 38.5 Å². The smallest absolute Gasteiger partial charge is 0.317 e. The molecule has 27 heavy (non-hydrogen) atoms. The number of amides is 3. The van der Waals surface area contributed by atoms with E-state index in [1.54, 1.807) is 19.2 Å². The van der Waals surface area contributed by atoms with E-state index in [4.69, 9.17) is 16.1 Å². The van der Waals surface area contributed by atoms with Gasteiger partial charge in [0.25, 0.3) is 0 Å². The lowest BCUT2D eigenvalue weighted by Crippen LogP contribution is -2.47. The minimum atomic E-state index is -0.456. The van der Waals surface area contributed by atoms with Crippen LogP contribution in [0.1, 0.15) is 42.8 Å². The van der Waals surface area contributed by atoms with Crippen LogP contribution in [-0.4, -0.2) is 46.1 Å². The van der Waals surface area contributed by atoms with Gasteiger partial charge in [-0.1, -0.05) is 28.9 Å². The average molecular weight is 394 g/mol. The van der Waals surface area contributed by atoms with E-state index in [-0.39, 0.29) is 17.5 Å². The Kier molecular flexibility index (Phi) is 6.79. The fourth-order valence-electron chi connectivity index (χ4n) is 2.09. The summed E-state index contributed by atoms with van der Waals surface area (Å²) in [5, 5.41) is 9.99. The van der Waals surface area contributed by atoms with Crippen LogP contribution in [0.15, 0.2) is 28.8 Å². The summed E-state index contributed by atoms with van der Waals surface area (Å²) in [5.74, 6) is -0.203. The number of nitrogens with one attached hydrogen (secondary N) is 2. The van der Waals surface area contributed by atoms with Crippen molar-refractivity contribution >= 4 is 23.5 Å². The molecule has 0 saturated carbocycles. The van der Waals surface area contributed by atoms with E-state index in [1.807, 2.05) is 32.9 Å². The van der Waals surface area contributed by atoms with Gasteiger partial charge < -0.3 is 20.1 Å². The molecule has 0 aliphatic heterocycles. The molecule has 0 atom stereocenters. The second kappa shape index (κ2) is 8.85. The standard InChI is InChI=1S/C18H24ClN5O3/c1-18(2,3)22-17(26)24(4)10-9-14-21-16(27-23-14)15(25)20-11-12-5-7-13(19)8-6-12/h5-8H,9-11H2,1-4H3,(H,20,25)(H,22,26).